The summed E-state index contributed by atoms with van der Waals surface area (Å²) in [6.45, 7) is 2.48. The van der Waals surface area contributed by atoms with E-state index in [0.29, 0.717) is 49.3 Å². The Balaban J connectivity index is 1.37. The minimum absolute atomic E-state index is 0.297. The molecule has 2 heterocycles. The third-order valence-electron chi connectivity index (χ3n) is 4.82. The smallest absolute Gasteiger partial charge is 0.243 e. The number of hydrogen-bond acceptors (Lipinski definition) is 5. The van der Waals surface area contributed by atoms with Crippen molar-refractivity contribution in [2.24, 2.45) is 0 Å². The summed E-state index contributed by atoms with van der Waals surface area (Å²) in [6.07, 6.45) is 1.62. The fourth-order valence-corrected chi connectivity index (χ4v) is 4.89. The Hall–Kier alpha value is -2.07. The standard InChI is InChI=1S/C20H19BrFN3O3S/c21-16-3-7-18(8-4-16)29(26,27)25-11-9-24(10-12-25)14-20-23-13-19(28-20)15-1-5-17(22)6-2-15/h1-8,13H,9-12,14H2. The van der Waals surface area contributed by atoms with Crippen molar-refractivity contribution >= 4 is 26.0 Å². The molecular formula is C20H19BrFN3O3S. The Kier molecular flexibility index (Phi) is 5.82. The van der Waals surface area contributed by atoms with Crippen LogP contribution >= 0.6 is 15.9 Å². The minimum Gasteiger partial charge on any atom is -0.439 e. The van der Waals surface area contributed by atoms with Crippen LogP contribution in [0.1, 0.15) is 5.89 Å². The number of nitrogens with zero attached hydrogens (tertiary/aromatic N) is 3. The van der Waals surface area contributed by atoms with Crippen molar-refractivity contribution in [1.82, 2.24) is 14.2 Å². The molecule has 0 aliphatic carbocycles. The van der Waals surface area contributed by atoms with Gasteiger partial charge in [0, 0.05) is 36.2 Å². The largest absolute Gasteiger partial charge is 0.439 e. The maximum Gasteiger partial charge on any atom is 0.243 e. The number of sulfonamides is 1. The van der Waals surface area contributed by atoms with Gasteiger partial charge in [0.2, 0.25) is 15.9 Å². The number of halogens is 2. The summed E-state index contributed by atoms with van der Waals surface area (Å²) in [6, 6.07) is 12.7. The average Bonchev–Trinajstić information content (AvgIpc) is 3.18. The molecule has 1 saturated heterocycles. The lowest BCUT2D eigenvalue weighted by Gasteiger charge is -2.33. The first kappa shape index (κ1) is 20.2. The molecule has 0 bridgehead atoms. The van der Waals surface area contributed by atoms with Gasteiger partial charge in [0.1, 0.15) is 5.82 Å². The molecule has 6 nitrogen and oxygen atoms in total. The second kappa shape index (κ2) is 8.35. The number of benzene rings is 2. The first-order valence-corrected chi connectivity index (χ1v) is 11.3. The van der Waals surface area contributed by atoms with Gasteiger partial charge in [-0.2, -0.15) is 4.31 Å². The number of rotatable bonds is 5. The van der Waals surface area contributed by atoms with Crippen LogP contribution in [0.4, 0.5) is 4.39 Å². The Bertz CT molecular complexity index is 1080. The highest BCUT2D eigenvalue weighted by Gasteiger charge is 2.28. The number of hydrogen-bond donors (Lipinski definition) is 0. The molecule has 0 spiro atoms. The van der Waals surface area contributed by atoms with Crippen molar-refractivity contribution in [2.45, 2.75) is 11.4 Å². The molecule has 29 heavy (non-hydrogen) atoms. The predicted octanol–water partition coefficient (Wildman–Crippen LogP) is 3.75. The molecule has 0 amide bonds. The van der Waals surface area contributed by atoms with Crippen molar-refractivity contribution in [1.29, 1.82) is 0 Å². The summed E-state index contributed by atoms with van der Waals surface area (Å²) in [4.78, 5) is 6.70. The predicted molar refractivity (Wildman–Crippen MR) is 110 cm³/mol. The van der Waals surface area contributed by atoms with E-state index < -0.39 is 10.0 Å². The SMILES string of the molecule is O=S(=O)(c1ccc(Br)cc1)N1CCN(Cc2ncc(-c3ccc(F)cc3)o2)CC1. The zero-order valence-electron chi connectivity index (χ0n) is 15.5. The first-order valence-electron chi connectivity index (χ1n) is 9.10. The third kappa shape index (κ3) is 4.58. The zero-order valence-corrected chi connectivity index (χ0v) is 17.9. The molecule has 1 fully saturated rings. The third-order valence-corrected chi connectivity index (χ3v) is 7.27. The summed E-state index contributed by atoms with van der Waals surface area (Å²) in [5.74, 6) is 0.828. The quantitative estimate of drug-likeness (QED) is 0.557. The summed E-state index contributed by atoms with van der Waals surface area (Å²) in [5.41, 5.74) is 0.760. The topological polar surface area (TPSA) is 66.7 Å². The highest BCUT2D eigenvalue weighted by molar-refractivity contribution is 9.10. The van der Waals surface area contributed by atoms with Crippen LogP contribution in [0.15, 0.2) is 68.5 Å². The van der Waals surface area contributed by atoms with Gasteiger partial charge in [0.05, 0.1) is 17.6 Å². The van der Waals surface area contributed by atoms with Crippen LogP contribution in [0.3, 0.4) is 0 Å². The van der Waals surface area contributed by atoms with E-state index in [4.69, 9.17) is 4.42 Å². The van der Waals surface area contributed by atoms with E-state index in [2.05, 4.69) is 25.8 Å². The summed E-state index contributed by atoms with van der Waals surface area (Å²) < 4.78 is 46.7. The summed E-state index contributed by atoms with van der Waals surface area (Å²) >= 11 is 3.32. The van der Waals surface area contributed by atoms with E-state index in [1.54, 1.807) is 42.6 Å². The van der Waals surface area contributed by atoms with Gasteiger partial charge in [-0.05, 0) is 48.5 Å². The van der Waals surface area contributed by atoms with E-state index in [9.17, 15) is 12.8 Å². The molecule has 152 valence electrons. The molecule has 9 heteroatoms. The summed E-state index contributed by atoms with van der Waals surface area (Å²) in [5, 5.41) is 0. The minimum atomic E-state index is -3.49. The van der Waals surface area contributed by atoms with E-state index in [-0.39, 0.29) is 5.82 Å². The van der Waals surface area contributed by atoms with Gasteiger partial charge in [-0.1, -0.05) is 15.9 Å². The van der Waals surface area contributed by atoms with Crippen molar-refractivity contribution in [3.05, 3.63) is 70.9 Å². The van der Waals surface area contributed by atoms with Gasteiger partial charge in [0.15, 0.2) is 5.76 Å². The number of oxazole rings is 1. The lowest BCUT2D eigenvalue weighted by atomic mass is 10.2. The van der Waals surface area contributed by atoms with Crippen molar-refractivity contribution < 1.29 is 17.2 Å². The Morgan fingerprint density at radius 2 is 1.66 bits per heavy atom. The fourth-order valence-electron chi connectivity index (χ4n) is 3.21. The van der Waals surface area contributed by atoms with Crippen LogP contribution < -0.4 is 0 Å². The maximum atomic E-state index is 13.1. The van der Waals surface area contributed by atoms with Crippen molar-refractivity contribution in [3.63, 3.8) is 0 Å². The van der Waals surface area contributed by atoms with Crippen LogP contribution in [0.2, 0.25) is 0 Å². The molecule has 0 N–H and O–H groups in total. The Morgan fingerprint density at radius 1 is 1.00 bits per heavy atom. The van der Waals surface area contributed by atoms with Crippen LogP contribution in [-0.4, -0.2) is 48.8 Å². The van der Waals surface area contributed by atoms with Crippen LogP contribution in [0, 0.1) is 5.82 Å². The molecule has 3 aromatic rings. The number of piperazine rings is 1. The average molecular weight is 480 g/mol. The number of aromatic nitrogens is 1. The first-order chi connectivity index (χ1) is 13.9. The van der Waals surface area contributed by atoms with E-state index in [1.807, 2.05) is 0 Å². The molecule has 1 aliphatic rings. The Labute approximate surface area is 177 Å². The van der Waals surface area contributed by atoms with Gasteiger partial charge in [-0.25, -0.2) is 17.8 Å². The molecule has 2 aromatic carbocycles. The zero-order chi connectivity index (χ0) is 20.4. The molecule has 0 atom stereocenters. The molecule has 1 aliphatic heterocycles. The van der Waals surface area contributed by atoms with E-state index >= 15 is 0 Å². The second-order valence-corrected chi connectivity index (χ2v) is 9.61. The molecule has 0 radical (unpaired) electrons. The molecule has 0 unspecified atom stereocenters. The van der Waals surface area contributed by atoms with Gasteiger partial charge < -0.3 is 4.42 Å². The second-order valence-electron chi connectivity index (χ2n) is 6.76. The molecular weight excluding hydrogens is 461 g/mol. The van der Waals surface area contributed by atoms with E-state index in [0.717, 1.165) is 10.0 Å². The maximum absolute atomic E-state index is 13.1. The highest BCUT2D eigenvalue weighted by Crippen LogP contribution is 2.23. The summed E-state index contributed by atoms with van der Waals surface area (Å²) in [7, 11) is -3.49. The Morgan fingerprint density at radius 3 is 2.31 bits per heavy atom. The lowest BCUT2D eigenvalue weighted by Crippen LogP contribution is -2.48. The van der Waals surface area contributed by atoms with Crippen LogP contribution in [0.25, 0.3) is 11.3 Å². The van der Waals surface area contributed by atoms with Crippen molar-refractivity contribution in [2.75, 3.05) is 26.2 Å². The lowest BCUT2D eigenvalue weighted by molar-refractivity contribution is 0.168. The molecule has 4 rings (SSSR count). The van der Waals surface area contributed by atoms with Crippen molar-refractivity contribution in [3.8, 4) is 11.3 Å². The molecule has 0 saturated carbocycles. The fraction of sp³-hybridized carbons (Fsp3) is 0.250. The van der Waals surface area contributed by atoms with Gasteiger partial charge >= 0.3 is 0 Å². The van der Waals surface area contributed by atoms with Crippen LogP contribution in [-0.2, 0) is 16.6 Å². The normalized spacial score (nSPS) is 16.2. The van der Waals surface area contributed by atoms with Gasteiger partial charge in [0.25, 0.3) is 0 Å². The monoisotopic (exact) mass is 479 g/mol. The highest BCUT2D eigenvalue weighted by atomic mass is 79.9. The van der Waals surface area contributed by atoms with Crippen LogP contribution in [0.5, 0.6) is 0 Å². The van der Waals surface area contributed by atoms with Gasteiger partial charge in [-0.3, -0.25) is 4.90 Å². The van der Waals surface area contributed by atoms with E-state index in [1.165, 1.54) is 16.4 Å². The molecule has 1 aromatic heterocycles. The van der Waals surface area contributed by atoms with Gasteiger partial charge in [-0.15, -0.1) is 0 Å².